The number of amides is 1. The van der Waals surface area contributed by atoms with Gasteiger partial charge < -0.3 is 9.64 Å². The van der Waals surface area contributed by atoms with E-state index in [1.807, 2.05) is 18.2 Å². The van der Waals surface area contributed by atoms with Crippen molar-refractivity contribution in [3.63, 3.8) is 0 Å². The molecule has 1 amide bonds. The van der Waals surface area contributed by atoms with E-state index in [2.05, 4.69) is 5.10 Å². The largest absolute Gasteiger partial charge is 0.378 e. The van der Waals surface area contributed by atoms with Gasteiger partial charge in [-0.25, -0.2) is 4.68 Å². The van der Waals surface area contributed by atoms with Crippen molar-refractivity contribution in [1.29, 1.82) is 0 Å². The minimum absolute atomic E-state index is 0.00855. The summed E-state index contributed by atoms with van der Waals surface area (Å²) in [7, 11) is 0. The van der Waals surface area contributed by atoms with Crippen LogP contribution in [0.1, 0.15) is 59.2 Å². The minimum atomic E-state index is -0.0847. The van der Waals surface area contributed by atoms with Gasteiger partial charge in [0.2, 0.25) is 5.91 Å². The number of carbonyl (C=O) groups excluding carboxylic acids is 2. The summed E-state index contributed by atoms with van der Waals surface area (Å²) in [6, 6.07) is 5.67. The van der Waals surface area contributed by atoms with Gasteiger partial charge in [-0.15, -0.1) is 0 Å². The highest BCUT2D eigenvalue weighted by molar-refractivity contribution is 6.33. The Morgan fingerprint density at radius 1 is 1.12 bits per heavy atom. The number of carbonyl (C=O) groups is 2. The van der Waals surface area contributed by atoms with Gasteiger partial charge in [-0.1, -0.05) is 23.2 Å². The molecule has 3 atom stereocenters. The second-order valence-corrected chi connectivity index (χ2v) is 10.7. The molecule has 0 radical (unpaired) electrons. The Kier molecular flexibility index (Phi) is 6.51. The number of halogens is 2. The van der Waals surface area contributed by atoms with Crippen LogP contribution in [0.4, 0.5) is 0 Å². The Bertz CT molecular complexity index is 1050. The molecule has 5 rings (SSSR count). The highest BCUT2D eigenvalue weighted by Crippen LogP contribution is 2.55. The van der Waals surface area contributed by atoms with E-state index >= 15 is 0 Å². The van der Waals surface area contributed by atoms with Crippen LogP contribution in [0, 0.1) is 17.3 Å². The molecule has 176 valence electrons. The van der Waals surface area contributed by atoms with Crippen molar-refractivity contribution in [2.75, 3.05) is 26.3 Å². The molecule has 3 aliphatic rings. The average molecular weight is 490 g/mol. The molecule has 8 heteroatoms. The molecule has 0 bridgehead atoms. The molecule has 2 aromatic rings. The lowest BCUT2D eigenvalue weighted by atomic mass is 9.82. The van der Waals surface area contributed by atoms with E-state index in [9.17, 15) is 9.59 Å². The summed E-state index contributed by atoms with van der Waals surface area (Å²) < 4.78 is 6.70. The van der Waals surface area contributed by atoms with Crippen LogP contribution < -0.4 is 0 Å². The van der Waals surface area contributed by atoms with Gasteiger partial charge in [-0.3, -0.25) is 9.59 Å². The normalized spacial score (nSPS) is 27.4. The van der Waals surface area contributed by atoms with E-state index in [4.69, 9.17) is 27.9 Å². The van der Waals surface area contributed by atoms with Crippen LogP contribution in [-0.2, 0) is 11.2 Å². The van der Waals surface area contributed by atoms with E-state index in [-0.39, 0.29) is 23.1 Å². The maximum Gasteiger partial charge on any atom is 0.257 e. The molecule has 1 spiro atoms. The van der Waals surface area contributed by atoms with Crippen molar-refractivity contribution in [1.82, 2.24) is 14.7 Å². The summed E-state index contributed by atoms with van der Waals surface area (Å²) >= 11 is 12.6. The first-order valence-electron chi connectivity index (χ1n) is 11.8. The third-order valence-electron chi connectivity index (χ3n) is 7.73. The van der Waals surface area contributed by atoms with Crippen LogP contribution in [0.25, 0.3) is 0 Å². The van der Waals surface area contributed by atoms with Gasteiger partial charge >= 0.3 is 0 Å². The van der Waals surface area contributed by atoms with Gasteiger partial charge in [0.15, 0.2) is 0 Å². The maximum atomic E-state index is 13.2. The number of hydrogen-bond donors (Lipinski definition) is 0. The summed E-state index contributed by atoms with van der Waals surface area (Å²) in [6.45, 7) is 2.25. The number of hydrogen-bond acceptors (Lipinski definition) is 4. The zero-order valence-electron chi connectivity index (χ0n) is 18.6. The van der Waals surface area contributed by atoms with Crippen molar-refractivity contribution in [2.45, 2.75) is 44.9 Å². The zero-order chi connectivity index (χ0) is 23.0. The first kappa shape index (κ1) is 22.9. The highest BCUT2D eigenvalue weighted by atomic mass is 35.5. The Balaban J connectivity index is 1.20. The lowest BCUT2D eigenvalue weighted by Gasteiger charge is -2.26. The highest BCUT2D eigenvalue weighted by Gasteiger charge is 2.46. The summed E-state index contributed by atoms with van der Waals surface area (Å²) in [5, 5.41) is 5.74. The lowest BCUT2D eigenvalue weighted by molar-refractivity contribution is 0.0303. The first-order valence-corrected chi connectivity index (χ1v) is 12.6. The van der Waals surface area contributed by atoms with Gasteiger partial charge in [-0.05, 0) is 80.0 Å². The fraction of sp³-hybridized carbons (Fsp3) is 0.560. The van der Waals surface area contributed by atoms with E-state index in [1.54, 1.807) is 11.1 Å². The smallest absolute Gasteiger partial charge is 0.257 e. The summed E-state index contributed by atoms with van der Waals surface area (Å²) in [5.74, 6) is 0.454. The van der Waals surface area contributed by atoms with Crippen molar-refractivity contribution < 1.29 is 14.3 Å². The number of benzene rings is 1. The fourth-order valence-electron chi connectivity index (χ4n) is 6.03. The van der Waals surface area contributed by atoms with Crippen LogP contribution in [0.3, 0.4) is 0 Å². The van der Waals surface area contributed by atoms with E-state index < -0.39 is 0 Å². The molecule has 1 saturated heterocycles. The third kappa shape index (κ3) is 4.84. The molecule has 33 heavy (non-hydrogen) atoms. The van der Waals surface area contributed by atoms with E-state index in [0.29, 0.717) is 37.8 Å². The number of morpholine rings is 1. The summed E-state index contributed by atoms with van der Waals surface area (Å²) in [5.41, 5.74) is 1.82. The number of aromatic nitrogens is 2. The predicted molar refractivity (Wildman–Crippen MR) is 127 cm³/mol. The quantitative estimate of drug-likeness (QED) is 0.596. The molecule has 3 fully saturated rings. The van der Waals surface area contributed by atoms with Crippen molar-refractivity contribution in [2.24, 2.45) is 17.3 Å². The van der Waals surface area contributed by atoms with Gasteiger partial charge in [-0.2, -0.15) is 5.10 Å². The van der Waals surface area contributed by atoms with Crippen molar-refractivity contribution in [3.8, 4) is 0 Å². The standard InChI is InChI=1S/C25H29Cl2N3O3/c26-21-1-2-22(27)19(12-21)11-17-3-5-25(13-17)6-4-18(14-25)24(32)30-16-20(15-28-30)23(31)29-7-9-33-10-8-29/h1-2,12,15-18H,3-11,13-14H2. The molecule has 2 aliphatic carbocycles. The minimum Gasteiger partial charge on any atom is -0.378 e. The molecule has 1 aromatic carbocycles. The summed E-state index contributed by atoms with van der Waals surface area (Å²) in [4.78, 5) is 27.6. The van der Waals surface area contributed by atoms with Crippen LogP contribution in [0.15, 0.2) is 30.6 Å². The Morgan fingerprint density at radius 3 is 2.73 bits per heavy atom. The molecule has 6 nitrogen and oxygen atoms in total. The van der Waals surface area contributed by atoms with Crippen molar-refractivity contribution >= 4 is 35.0 Å². The number of rotatable bonds is 4. The Labute approximate surface area is 204 Å². The Morgan fingerprint density at radius 2 is 1.91 bits per heavy atom. The van der Waals surface area contributed by atoms with Crippen LogP contribution in [0.5, 0.6) is 0 Å². The fourth-order valence-corrected chi connectivity index (χ4v) is 6.42. The maximum absolute atomic E-state index is 13.2. The van der Waals surface area contributed by atoms with Gasteiger partial charge in [0, 0.05) is 35.2 Å². The molecule has 1 aromatic heterocycles. The van der Waals surface area contributed by atoms with E-state index in [1.165, 1.54) is 10.9 Å². The third-order valence-corrected chi connectivity index (χ3v) is 8.33. The SMILES string of the molecule is O=C(c1cnn(C(=O)C2CCC3(CCC(Cc4cc(Cl)ccc4Cl)C3)C2)c1)N1CCOCC1. The topological polar surface area (TPSA) is 64.4 Å². The molecule has 1 aliphatic heterocycles. The van der Waals surface area contributed by atoms with Gasteiger partial charge in [0.25, 0.3) is 5.91 Å². The molecule has 2 heterocycles. The molecular weight excluding hydrogens is 461 g/mol. The first-order chi connectivity index (χ1) is 15.9. The monoisotopic (exact) mass is 489 g/mol. The van der Waals surface area contributed by atoms with Crippen molar-refractivity contribution in [3.05, 3.63) is 51.8 Å². The zero-order valence-corrected chi connectivity index (χ0v) is 20.2. The average Bonchev–Trinajstić information content (AvgIpc) is 3.57. The second kappa shape index (κ2) is 9.40. The van der Waals surface area contributed by atoms with Crippen LogP contribution >= 0.6 is 23.2 Å². The predicted octanol–water partition coefficient (Wildman–Crippen LogP) is 5.13. The number of nitrogens with zero attached hydrogens (tertiary/aromatic N) is 3. The lowest BCUT2D eigenvalue weighted by Crippen LogP contribution is -2.40. The van der Waals surface area contributed by atoms with Gasteiger partial charge in [0.05, 0.1) is 25.0 Å². The second-order valence-electron chi connectivity index (χ2n) is 9.90. The molecule has 2 saturated carbocycles. The van der Waals surface area contributed by atoms with Gasteiger partial charge in [0.1, 0.15) is 0 Å². The molecular formula is C25H29Cl2N3O3. The van der Waals surface area contributed by atoms with Crippen LogP contribution in [0.2, 0.25) is 10.0 Å². The van der Waals surface area contributed by atoms with Crippen LogP contribution in [-0.4, -0.2) is 52.8 Å². The van der Waals surface area contributed by atoms with E-state index in [0.717, 1.165) is 60.6 Å². The Hall–Kier alpha value is -1.89. The number of ether oxygens (including phenoxy) is 1. The molecule has 3 unspecified atom stereocenters. The summed E-state index contributed by atoms with van der Waals surface area (Å²) in [6.07, 6.45) is 10.3. The molecule has 0 N–H and O–H groups in total.